The molecule has 2 rings (SSSR count). The number of carbonyl (C=O) groups excluding carboxylic acids is 2. The Morgan fingerprint density at radius 2 is 2.05 bits per heavy atom. The lowest BCUT2D eigenvalue weighted by molar-refractivity contribution is -0.126. The minimum absolute atomic E-state index is 0.0481. The minimum atomic E-state index is -0.482. The number of nitrogens with one attached hydrogen (secondary N) is 2. The van der Waals surface area contributed by atoms with Gasteiger partial charge in [0.1, 0.15) is 6.10 Å². The van der Waals surface area contributed by atoms with Gasteiger partial charge in [0.05, 0.1) is 17.5 Å². The molecular formula is C15H21N3O3. The van der Waals surface area contributed by atoms with Crippen LogP contribution in [-0.2, 0) is 14.3 Å². The number of benzene rings is 1. The first-order valence-electron chi connectivity index (χ1n) is 7.04. The average molecular weight is 291 g/mol. The monoisotopic (exact) mass is 291 g/mol. The Morgan fingerprint density at radius 3 is 2.67 bits per heavy atom. The molecule has 1 aromatic rings. The molecule has 4 N–H and O–H groups in total. The summed E-state index contributed by atoms with van der Waals surface area (Å²) in [4.78, 5) is 23.4. The van der Waals surface area contributed by atoms with Crippen LogP contribution < -0.4 is 16.4 Å². The van der Waals surface area contributed by atoms with Gasteiger partial charge in [-0.15, -0.1) is 0 Å². The molecule has 2 atom stereocenters. The van der Waals surface area contributed by atoms with E-state index < -0.39 is 6.10 Å². The second kappa shape index (κ2) is 6.69. The number of nitrogens with two attached hydrogens (primary N) is 1. The van der Waals surface area contributed by atoms with Crippen molar-refractivity contribution in [3.05, 3.63) is 23.8 Å². The van der Waals surface area contributed by atoms with E-state index in [0.29, 0.717) is 24.3 Å². The maximum absolute atomic E-state index is 12.2. The molecule has 1 heterocycles. The molecule has 0 saturated carbocycles. The summed E-state index contributed by atoms with van der Waals surface area (Å²) in [5, 5.41) is 5.53. The van der Waals surface area contributed by atoms with E-state index >= 15 is 0 Å². The molecule has 2 amide bonds. The predicted octanol–water partition coefficient (Wildman–Crippen LogP) is 1.40. The van der Waals surface area contributed by atoms with Gasteiger partial charge >= 0.3 is 0 Å². The van der Waals surface area contributed by atoms with Gasteiger partial charge in [-0.3, -0.25) is 9.59 Å². The largest absolute Gasteiger partial charge is 0.364 e. The van der Waals surface area contributed by atoms with E-state index in [1.165, 1.54) is 6.92 Å². The van der Waals surface area contributed by atoms with Crippen molar-refractivity contribution < 1.29 is 14.3 Å². The predicted molar refractivity (Wildman–Crippen MR) is 81.1 cm³/mol. The van der Waals surface area contributed by atoms with E-state index in [2.05, 4.69) is 10.6 Å². The van der Waals surface area contributed by atoms with Crippen LogP contribution in [0.2, 0.25) is 0 Å². The normalized spacial score (nSPS) is 21.1. The molecule has 21 heavy (non-hydrogen) atoms. The van der Waals surface area contributed by atoms with Crippen LogP contribution >= 0.6 is 0 Å². The van der Waals surface area contributed by atoms with Crippen molar-refractivity contribution >= 4 is 23.2 Å². The maximum atomic E-state index is 12.2. The van der Waals surface area contributed by atoms with Gasteiger partial charge in [-0.2, -0.15) is 0 Å². The van der Waals surface area contributed by atoms with Crippen LogP contribution in [0.5, 0.6) is 0 Å². The number of amides is 2. The molecule has 0 spiro atoms. The molecule has 1 aliphatic rings. The molecule has 0 aromatic heterocycles. The fraction of sp³-hybridized carbons (Fsp3) is 0.467. The van der Waals surface area contributed by atoms with Crippen LogP contribution in [0.3, 0.4) is 0 Å². The molecule has 6 nitrogen and oxygen atoms in total. The Balaban J connectivity index is 2.09. The van der Waals surface area contributed by atoms with Gasteiger partial charge < -0.3 is 21.1 Å². The molecule has 0 aliphatic carbocycles. The third-order valence-corrected chi connectivity index (χ3v) is 3.41. The molecule has 114 valence electrons. The number of rotatable bonds is 4. The third kappa shape index (κ3) is 4.03. The highest BCUT2D eigenvalue weighted by Gasteiger charge is 2.30. The van der Waals surface area contributed by atoms with Gasteiger partial charge in [-0.1, -0.05) is 6.07 Å². The standard InChI is InChI=1S/C15H21N3O3/c1-9-3-5-12(17-10(2)19)13(7-9)18-15(20)14-6-4-11(8-16)21-14/h3,5,7,11,14H,4,6,8,16H2,1-2H3,(H,17,19)(H,18,20)/t11-,14+/m1/s1. The number of hydrogen-bond donors (Lipinski definition) is 3. The van der Waals surface area contributed by atoms with Gasteiger partial charge in [-0.05, 0) is 37.5 Å². The molecule has 1 aromatic carbocycles. The van der Waals surface area contributed by atoms with E-state index in [0.717, 1.165) is 12.0 Å². The fourth-order valence-electron chi connectivity index (χ4n) is 2.35. The first kappa shape index (κ1) is 15.5. The van der Waals surface area contributed by atoms with E-state index in [4.69, 9.17) is 10.5 Å². The number of aryl methyl sites for hydroxylation is 1. The summed E-state index contributed by atoms with van der Waals surface area (Å²) < 4.78 is 5.57. The van der Waals surface area contributed by atoms with Crippen LogP contribution in [-0.4, -0.2) is 30.6 Å². The Hall–Kier alpha value is -1.92. The third-order valence-electron chi connectivity index (χ3n) is 3.41. The Labute approximate surface area is 124 Å². The van der Waals surface area contributed by atoms with Gasteiger partial charge in [0.15, 0.2) is 0 Å². The molecule has 0 bridgehead atoms. The van der Waals surface area contributed by atoms with E-state index in [9.17, 15) is 9.59 Å². The maximum Gasteiger partial charge on any atom is 0.253 e. The second-order valence-electron chi connectivity index (χ2n) is 5.28. The summed E-state index contributed by atoms with van der Waals surface area (Å²) in [5.41, 5.74) is 7.69. The number of anilines is 2. The zero-order valence-electron chi connectivity index (χ0n) is 12.3. The lowest BCUT2D eigenvalue weighted by Gasteiger charge is -2.16. The number of ether oxygens (including phenoxy) is 1. The summed E-state index contributed by atoms with van der Waals surface area (Å²) >= 11 is 0. The lowest BCUT2D eigenvalue weighted by Crippen LogP contribution is -2.30. The van der Waals surface area contributed by atoms with Crippen LogP contribution in [0.15, 0.2) is 18.2 Å². The van der Waals surface area contributed by atoms with Crippen molar-refractivity contribution in [2.45, 2.75) is 38.9 Å². The highest BCUT2D eigenvalue weighted by molar-refractivity contribution is 6.00. The molecule has 6 heteroatoms. The van der Waals surface area contributed by atoms with Crippen molar-refractivity contribution in [3.8, 4) is 0 Å². The highest BCUT2D eigenvalue weighted by atomic mass is 16.5. The molecule has 0 radical (unpaired) electrons. The summed E-state index contributed by atoms with van der Waals surface area (Å²) in [6.45, 7) is 3.77. The second-order valence-corrected chi connectivity index (χ2v) is 5.28. The molecule has 0 unspecified atom stereocenters. The Bertz CT molecular complexity index is 545. The van der Waals surface area contributed by atoms with Crippen molar-refractivity contribution in [2.75, 3.05) is 17.2 Å². The smallest absolute Gasteiger partial charge is 0.253 e. The lowest BCUT2D eigenvalue weighted by atomic mass is 10.1. The van der Waals surface area contributed by atoms with Gasteiger partial charge in [0.2, 0.25) is 5.91 Å². The summed E-state index contributed by atoms with van der Waals surface area (Å²) in [7, 11) is 0. The topological polar surface area (TPSA) is 93.5 Å². The first-order valence-corrected chi connectivity index (χ1v) is 7.04. The summed E-state index contributed by atoms with van der Waals surface area (Å²) in [5.74, 6) is -0.391. The molecular weight excluding hydrogens is 270 g/mol. The average Bonchev–Trinajstić information content (AvgIpc) is 2.90. The van der Waals surface area contributed by atoms with E-state index in [-0.39, 0.29) is 17.9 Å². The van der Waals surface area contributed by atoms with E-state index in [1.54, 1.807) is 6.07 Å². The SMILES string of the molecule is CC(=O)Nc1ccc(C)cc1NC(=O)[C@@H]1CC[C@H](CN)O1. The quantitative estimate of drug-likeness (QED) is 0.781. The van der Waals surface area contributed by atoms with Gasteiger partial charge in [0, 0.05) is 13.5 Å². The zero-order valence-corrected chi connectivity index (χ0v) is 12.3. The Kier molecular flexibility index (Phi) is 4.93. The van der Waals surface area contributed by atoms with Crippen LogP contribution in [0.1, 0.15) is 25.3 Å². The summed E-state index contributed by atoms with van der Waals surface area (Å²) in [6.07, 6.45) is 0.924. The van der Waals surface area contributed by atoms with Crippen molar-refractivity contribution in [3.63, 3.8) is 0 Å². The zero-order chi connectivity index (χ0) is 15.4. The van der Waals surface area contributed by atoms with Crippen molar-refractivity contribution in [1.29, 1.82) is 0 Å². The highest BCUT2D eigenvalue weighted by Crippen LogP contribution is 2.25. The van der Waals surface area contributed by atoms with Crippen LogP contribution in [0.25, 0.3) is 0 Å². The minimum Gasteiger partial charge on any atom is -0.364 e. The Morgan fingerprint density at radius 1 is 1.29 bits per heavy atom. The summed E-state index contributed by atoms with van der Waals surface area (Å²) in [6, 6.07) is 5.46. The van der Waals surface area contributed by atoms with Crippen molar-refractivity contribution in [2.24, 2.45) is 5.73 Å². The number of hydrogen-bond acceptors (Lipinski definition) is 4. The van der Waals surface area contributed by atoms with Crippen molar-refractivity contribution in [1.82, 2.24) is 0 Å². The van der Waals surface area contributed by atoms with Gasteiger partial charge in [0.25, 0.3) is 5.91 Å². The first-order chi connectivity index (χ1) is 9.99. The van der Waals surface area contributed by atoms with E-state index in [1.807, 2.05) is 19.1 Å². The fourth-order valence-corrected chi connectivity index (χ4v) is 2.35. The van der Waals surface area contributed by atoms with Gasteiger partial charge in [-0.25, -0.2) is 0 Å². The number of carbonyl (C=O) groups is 2. The molecule has 1 aliphatic heterocycles. The molecule has 1 fully saturated rings. The molecule has 1 saturated heterocycles. The van der Waals surface area contributed by atoms with Crippen LogP contribution in [0, 0.1) is 6.92 Å². The van der Waals surface area contributed by atoms with Crippen LogP contribution in [0.4, 0.5) is 11.4 Å².